The minimum atomic E-state index is -0.708. The van der Waals surface area contributed by atoms with E-state index in [9.17, 15) is 23.6 Å². The number of nitrogens with zero attached hydrogens (tertiary/aromatic N) is 5. The first kappa shape index (κ1) is 23.1. The molecule has 3 aromatic rings. The molecule has 0 spiro atoms. The maximum Gasteiger partial charge on any atom is 0.280 e. The van der Waals surface area contributed by atoms with E-state index in [1.165, 1.54) is 53.0 Å². The van der Waals surface area contributed by atoms with E-state index in [4.69, 9.17) is 4.74 Å². The molecule has 2 aromatic carbocycles. The summed E-state index contributed by atoms with van der Waals surface area (Å²) in [6.07, 6.45) is 1.90. The van der Waals surface area contributed by atoms with Crippen molar-refractivity contribution in [2.24, 2.45) is 0 Å². The first-order valence-corrected chi connectivity index (χ1v) is 11.1. The van der Waals surface area contributed by atoms with Crippen molar-refractivity contribution in [3.63, 3.8) is 0 Å². The number of methoxy groups -OCH3 is 1. The van der Waals surface area contributed by atoms with Crippen LogP contribution in [0.25, 0.3) is 5.69 Å². The number of ether oxygens (including phenoxy) is 1. The largest absolute Gasteiger partial charge is 0.494 e. The molecule has 1 N–H and O–H groups in total. The molecule has 0 aliphatic carbocycles. The lowest BCUT2D eigenvalue weighted by Gasteiger charge is -2.29. The number of amides is 4. The lowest BCUT2D eigenvalue weighted by atomic mass is 10.0. The Balaban J connectivity index is 1.36. The Morgan fingerprint density at radius 2 is 2.00 bits per heavy atom. The van der Waals surface area contributed by atoms with Crippen LogP contribution >= 0.6 is 0 Å². The lowest BCUT2D eigenvalue weighted by Crippen LogP contribution is -2.52. The Morgan fingerprint density at radius 3 is 2.75 bits per heavy atom. The standard InChI is InChI=1S/C24H21FN6O5/c1-29(18-6-3-14(25)10-20(18)36-2)24(35)17-12-31(28-27-17)15-4-5-16-13(9-15)11-30(23(16)34)19-7-8-21(32)26-22(19)33/h3-6,9-10,12,19H,7-8,11H2,1-2H3,(H,26,32,33). The number of halogens is 1. The van der Waals surface area contributed by atoms with Crippen LogP contribution in [0.15, 0.2) is 42.6 Å². The topological polar surface area (TPSA) is 127 Å². The third-order valence-corrected chi connectivity index (χ3v) is 6.29. The third kappa shape index (κ3) is 3.96. The molecule has 0 radical (unpaired) electrons. The van der Waals surface area contributed by atoms with Crippen molar-refractivity contribution in [1.82, 2.24) is 25.2 Å². The van der Waals surface area contributed by atoms with E-state index >= 15 is 0 Å². The third-order valence-electron chi connectivity index (χ3n) is 6.29. The fourth-order valence-electron chi connectivity index (χ4n) is 4.40. The average molecular weight is 492 g/mol. The number of piperidine rings is 1. The number of hydrogen-bond acceptors (Lipinski definition) is 7. The zero-order valence-electron chi connectivity index (χ0n) is 19.4. The molecule has 36 heavy (non-hydrogen) atoms. The molecule has 1 fully saturated rings. The molecule has 12 heteroatoms. The number of benzene rings is 2. The second-order valence-corrected chi connectivity index (χ2v) is 8.47. The van der Waals surface area contributed by atoms with Gasteiger partial charge in [-0.1, -0.05) is 5.21 Å². The molecule has 184 valence electrons. The fourth-order valence-corrected chi connectivity index (χ4v) is 4.40. The van der Waals surface area contributed by atoms with Crippen LogP contribution < -0.4 is 15.0 Å². The van der Waals surface area contributed by atoms with E-state index in [1.54, 1.807) is 18.2 Å². The minimum Gasteiger partial charge on any atom is -0.494 e. The van der Waals surface area contributed by atoms with Crippen molar-refractivity contribution in [3.05, 3.63) is 65.2 Å². The number of fused-ring (bicyclic) bond motifs is 1. The van der Waals surface area contributed by atoms with Gasteiger partial charge in [0.25, 0.3) is 11.8 Å². The van der Waals surface area contributed by atoms with E-state index in [0.717, 1.165) is 0 Å². The summed E-state index contributed by atoms with van der Waals surface area (Å²) in [7, 11) is 2.90. The van der Waals surface area contributed by atoms with Crippen LogP contribution in [0.4, 0.5) is 10.1 Å². The zero-order chi connectivity index (χ0) is 25.6. The number of imide groups is 1. The molecule has 1 saturated heterocycles. The van der Waals surface area contributed by atoms with Gasteiger partial charge in [-0.05, 0) is 42.3 Å². The van der Waals surface area contributed by atoms with Gasteiger partial charge in [0.2, 0.25) is 11.8 Å². The smallest absolute Gasteiger partial charge is 0.280 e. The Hall–Kier alpha value is -4.61. The molecule has 1 unspecified atom stereocenters. The second-order valence-electron chi connectivity index (χ2n) is 8.47. The van der Waals surface area contributed by atoms with Crippen LogP contribution in [0, 0.1) is 5.82 Å². The Kier molecular flexibility index (Phi) is 5.71. The van der Waals surface area contributed by atoms with Crippen molar-refractivity contribution in [3.8, 4) is 11.4 Å². The summed E-state index contributed by atoms with van der Waals surface area (Å²) in [5.74, 6) is -1.88. The van der Waals surface area contributed by atoms with E-state index < -0.39 is 23.7 Å². The Labute approximate surface area is 204 Å². The summed E-state index contributed by atoms with van der Waals surface area (Å²) in [4.78, 5) is 52.3. The van der Waals surface area contributed by atoms with Crippen LogP contribution in [0.2, 0.25) is 0 Å². The van der Waals surface area contributed by atoms with E-state index in [0.29, 0.717) is 22.5 Å². The average Bonchev–Trinajstić information content (AvgIpc) is 3.48. The monoisotopic (exact) mass is 492 g/mol. The first-order chi connectivity index (χ1) is 17.3. The van der Waals surface area contributed by atoms with Gasteiger partial charge >= 0.3 is 0 Å². The second kappa shape index (κ2) is 8.87. The van der Waals surface area contributed by atoms with Crippen LogP contribution in [0.5, 0.6) is 5.75 Å². The summed E-state index contributed by atoms with van der Waals surface area (Å²) in [6, 6.07) is 8.18. The van der Waals surface area contributed by atoms with Crippen molar-refractivity contribution in [1.29, 1.82) is 0 Å². The van der Waals surface area contributed by atoms with Crippen molar-refractivity contribution >= 4 is 29.3 Å². The number of rotatable bonds is 5. The molecule has 1 atom stereocenters. The molecule has 2 aliphatic rings. The summed E-state index contributed by atoms with van der Waals surface area (Å²) in [6.45, 7) is 0.210. The summed E-state index contributed by atoms with van der Waals surface area (Å²) < 4.78 is 20.1. The highest BCUT2D eigenvalue weighted by Crippen LogP contribution is 2.30. The quantitative estimate of drug-likeness (QED) is 0.534. The lowest BCUT2D eigenvalue weighted by molar-refractivity contribution is -0.136. The van der Waals surface area contributed by atoms with Gasteiger partial charge in [-0.3, -0.25) is 24.5 Å². The van der Waals surface area contributed by atoms with Crippen LogP contribution in [-0.4, -0.2) is 63.7 Å². The molecule has 1 aromatic heterocycles. The Morgan fingerprint density at radius 1 is 1.19 bits per heavy atom. The molecule has 3 heterocycles. The van der Waals surface area contributed by atoms with Gasteiger partial charge in [-0.25, -0.2) is 9.07 Å². The van der Waals surface area contributed by atoms with Crippen LogP contribution in [0.3, 0.4) is 0 Å². The predicted octanol–water partition coefficient (Wildman–Crippen LogP) is 1.45. The van der Waals surface area contributed by atoms with Crippen molar-refractivity contribution < 1.29 is 28.3 Å². The number of nitrogens with one attached hydrogen (secondary N) is 1. The highest BCUT2D eigenvalue weighted by Gasteiger charge is 2.39. The molecule has 4 amide bonds. The SMILES string of the molecule is COc1cc(F)ccc1N(C)C(=O)c1cn(-c2ccc3c(c2)CN(C2CCC(=O)NC2=O)C3=O)nn1. The number of anilines is 1. The van der Waals surface area contributed by atoms with Gasteiger partial charge < -0.3 is 14.5 Å². The highest BCUT2D eigenvalue weighted by molar-refractivity contribution is 6.06. The summed E-state index contributed by atoms with van der Waals surface area (Å²) >= 11 is 0. The molecule has 0 bridgehead atoms. The van der Waals surface area contributed by atoms with E-state index in [2.05, 4.69) is 15.6 Å². The van der Waals surface area contributed by atoms with Gasteiger partial charge in [0.05, 0.1) is 24.7 Å². The number of carbonyl (C=O) groups is 4. The normalized spacial score (nSPS) is 17.1. The summed E-state index contributed by atoms with van der Waals surface area (Å²) in [5.41, 5.74) is 2.13. The van der Waals surface area contributed by atoms with Gasteiger partial charge in [0.15, 0.2) is 5.69 Å². The van der Waals surface area contributed by atoms with Gasteiger partial charge in [-0.15, -0.1) is 5.10 Å². The maximum absolute atomic E-state index is 13.5. The van der Waals surface area contributed by atoms with Gasteiger partial charge in [0.1, 0.15) is 17.6 Å². The Bertz CT molecular complexity index is 1420. The first-order valence-electron chi connectivity index (χ1n) is 11.1. The molecule has 11 nitrogen and oxygen atoms in total. The fraction of sp³-hybridized carbons (Fsp3) is 0.250. The molecule has 0 saturated carbocycles. The predicted molar refractivity (Wildman–Crippen MR) is 123 cm³/mol. The van der Waals surface area contributed by atoms with Crippen molar-refractivity contribution in [2.45, 2.75) is 25.4 Å². The van der Waals surface area contributed by atoms with Crippen LogP contribution in [-0.2, 0) is 16.1 Å². The minimum absolute atomic E-state index is 0.0469. The van der Waals surface area contributed by atoms with Gasteiger partial charge in [0, 0.05) is 31.6 Å². The zero-order valence-corrected chi connectivity index (χ0v) is 19.4. The molecule has 5 rings (SSSR count). The van der Waals surface area contributed by atoms with Gasteiger partial charge in [-0.2, -0.15) is 0 Å². The summed E-state index contributed by atoms with van der Waals surface area (Å²) in [5, 5.41) is 10.3. The molecular weight excluding hydrogens is 471 g/mol. The van der Waals surface area contributed by atoms with Crippen LogP contribution in [0.1, 0.15) is 39.3 Å². The number of aromatic nitrogens is 3. The van der Waals surface area contributed by atoms with Crippen molar-refractivity contribution in [2.75, 3.05) is 19.1 Å². The molecular formula is C24H21FN6O5. The maximum atomic E-state index is 13.5. The number of hydrogen-bond donors (Lipinski definition) is 1. The number of carbonyl (C=O) groups excluding carboxylic acids is 4. The highest BCUT2D eigenvalue weighted by atomic mass is 19.1. The van der Waals surface area contributed by atoms with E-state index in [-0.39, 0.29) is 42.6 Å². The molecule has 2 aliphatic heterocycles. The van der Waals surface area contributed by atoms with E-state index in [1.807, 2.05) is 0 Å².